The number of ether oxygens (including phenoxy) is 2. The van der Waals surface area contributed by atoms with Gasteiger partial charge >= 0.3 is 118 Å². The van der Waals surface area contributed by atoms with Crippen LogP contribution >= 0.6 is 0 Å². The van der Waals surface area contributed by atoms with E-state index in [1.807, 2.05) is 30.3 Å². The van der Waals surface area contributed by atoms with E-state index in [-0.39, 0.29) is 6.42 Å². The molecule has 1 rings (SSSR count). The van der Waals surface area contributed by atoms with Gasteiger partial charge in [-0.2, -0.15) is 0 Å². The Morgan fingerprint density at radius 3 is 2.16 bits per heavy atom. The van der Waals surface area contributed by atoms with E-state index >= 15 is 0 Å². The summed E-state index contributed by atoms with van der Waals surface area (Å²) in [5.74, 6) is -1.16. The van der Waals surface area contributed by atoms with Crippen molar-refractivity contribution in [2.75, 3.05) is 14.2 Å². The third-order valence-corrected chi connectivity index (χ3v) is 5.34. The maximum atomic E-state index is 12.1. The second kappa shape index (κ2) is 7.12. The van der Waals surface area contributed by atoms with E-state index in [9.17, 15) is 9.59 Å². The van der Waals surface area contributed by atoms with Crippen LogP contribution in [0.4, 0.5) is 0 Å². The van der Waals surface area contributed by atoms with Crippen molar-refractivity contribution in [1.29, 1.82) is 0 Å². The van der Waals surface area contributed by atoms with Crippen LogP contribution in [0, 0.1) is 0 Å². The topological polar surface area (TPSA) is 52.6 Å². The summed E-state index contributed by atoms with van der Waals surface area (Å²) < 4.78 is 9.20. The van der Waals surface area contributed by atoms with Gasteiger partial charge in [-0.15, -0.1) is 0 Å². The number of methoxy groups -OCH3 is 2. The first kappa shape index (κ1) is 15.5. The average Bonchev–Trinajstić information content (AvgIpc) is 2.46. The van der Waals surface area contributed by atoms with Gasteiger partial charge in [-0.3, -0.25) is 0 Å². The molecule has 0 atom stereocenters. The van der Waals surface area contributed by atoms with Crippen molar-refractivity contribution in [2.24, 2.45) is 0 Å². The molecule has 0 heterocycles. The molecule has 19 heavy (non-hydrogen) atoms. The van der Waals surface area contributed by atoms with Gasteiger partial charge in [0.15, 0.2) is 0 Å². The molecule has 4 nitrogen and oxygen atoms in total. The fourth-order valence-corrected chi connectivity index (χ4v) is 4.18. The second-order valence-electron chi connectivity index (χ2n) is 3.72. The molecule has 0 aliphatic carbocycles. The first-order valence-corrected chi connectivity index (χ1v) is 7.34. The summed E-state index contributed by atoms with van der Waals surface area (Å²) >= 11 is -0.442. The quantitative estimate of drug-likeness (QED) is 0.340. The normalized spacial score (nSPS) is 10.6. The van der Waals surface area contributed by atoms with E-state index in [0.29, 0.717) is 0 Å². The molecule has 0 saturated heterocycles. The van der Waals surface area contributed by atoms with E-state index < -0.39 is 31.2 Å². The number of benzene rings is 1. The number of hydrogen-bond donors (Lipinski definition) is 0. The number of hydrogen-bond acceptors (Lipinski definition) is 4. The Bertz CT molecular complexity index is 440. The number of carbonyl (C=O) groups excluding carboxylic acids is 2. The fraction of sp³-hybridized carbons (Fsp3) is 0.286. The first-order valence-electron chi connectivity index (χ1n) is 5.62. The first-order chi connectivity index (χ1) is 9.10. The molecule has 0 fully saturated rings. The molecule has 0 radical (unpaired) electrons. The third kappa shape index (κ3) is 3.46. The monoisotopic (exact) mass is 328 g/mol. The average molecular weight is 327 g/mol. The van der Waals surface area contributed by atoms with Crippen molar-refractivity contribution in [1.82, 2.24) is 0 Å². The molecule has 0 aromatic heterocycles. The number of rotatable bonds is 6. The molecule has 1 aromatic rings. The predicted molar refractivity (Wildman–Crippen MR) is 73.4 cm³/mol. The predicted octanol–water partition coefficient (Wildman–Crippen LogP) is 1.10. The summed E-state index contributed by atoms with van der Waals surface area (Å²) in [6.07, 6.45) is 1.74. The SMILES string of the molecule is C=CCC([Se]c1ccccc1)(C(=O)OC)C(=O)OC. The molecule has 0 N–H and O–H groups in total. The summed E-state index contributed by atoms with van der Waals surface area (Å²) in [5.41, 5.74) is 0. The van der Waals surface area contributed by atoms with E-state index in [4.69, 9.17) is 9.47 Å². The Hall–Kier alpha value is -1.58. The molecular weight excluding hydrogens is 311 g/mol. The van der Waals surface area contributed by atoms with Crippen LogP contribution in [0.1, 0.15) is 6.42 Å². The standard InChI is InChI=1S/C14H16O4Se/c1-4-10-14(12(15)17-2,13(16)18-3)19-11-8-6-5-7-9-11/h4-9H,1,10H2,2-3H3. The van der Waals surface area contributed by atoms with Crippen LogP contribution in [0.15, 0.2) is 43.0 Å². The molecule has 0 aliphatic heterocycles. The van der Waals surface area contributed by atoms with Gasteiger partial charge in [-0.25, -0.2) is 0 Å². The van der Waals surface area contributed by atoms with Crippen molar-refractivity contribution >= 4 is 31.4 Å². The summed E-state index contributed by atoms with van der Waals surface area (Å²) in [4.78, 5) is 24.1. The molecule has 0 saturated carbocycles. The van der Waals surface area contributed by atoms with Crippen LogP contribution in [0.5, 0.6) is 0 Å². The van der Waals surface area contributed by atoms with E-state index in [0.717, 1.165) is 4.46 Å². The molecule has 0 amide bonds. The van der Waals surface area contributed by atoms with E-state index in [1.54, 1.807) is 6.08 Å². The van der Waals surface area contributed by atoms with Crippen molar-refractivity contribution in [3.05, 3.63) is 43.0 Å². The molecule has 1 aromatic carbocycles. The zero-order valence-corrected chi connectivity index (χ0v) is 12.6. The molecule has 102 valence electrons. The third-order valence-electron chi connectivity index (χ3n) is 2.50. The summed E-state index contributed by atoms with van der Waals surface area (Å²) in [6, 6.07) is 9.37. The molecule has 5 heteroatoms. The van der Waals surface area contributed by atoms with Crippen molar-refractivity contribution in [3.63, 3.8) is 0 Å². The van der Waals surface area contributed by atoms with Crippen molar-refractivity contribution in [3.8, 4) is 0 Å². The van der Waals surface area contributed by atoms with Gasteiger partial charge in [-0.05, 0) is 0 Å². The summed E-state index contributed by atoms with van der Waals surface area (Å²) in [6.45, 7) is 3.61. The van der Waals surface area contributed by atoms with Crippen LogP contribution in [-0.4, -0.2) is 41.1 Å². The minimum absolute atomic E-state index is 0.196. The Morgan fingerprint density at radius 2 is 1.74 bits per heavy atom. The van der Waals surface area contributed by atoms with Crippen LogP contribution in [0.25, 0.3) is 0 Å². The van der Waals surface area contributed by atoms with Gasteiger partial charge < -0.3 is 0 Å². The van der Waals surface area contributed by atoms with E-state index in [2.05, 4.69) is 6.58 Å². The summed E-state index contributed by atoms with van der Waals surface area (Å²) in [5, 5.41) is 0. The Balaban J connectivity index is 3.18. The van der Waals surface area contributed by atoms with Gasteiger partial charge in [0.2, 0.25) is 0 Å². The Morgan fingerprint density at radius 1 is 1.21 bits per heavy atom. The van der Waals surface area contributed by atoms with Crippen LogP contribution in [0.2, 0.25) is 4.31 Å². The van der Waals surface area contributed by atoms with Gasteiger partial charge in [0, 0.05) is 0 Å². The van der Waals surface area contributed by atoms with Crippen molar-refractivity contribution < 1.29 is 19.1 Å². The molecule has 0 aliphatic rings. The molecule has 0 spiro atoms. The molecule has 0 bridgehead atoms. The van der Waals surface area contributed by atoms with Crippen LogP contribution in [0.3, 0.4) is 0 Å². The maximum absolute atomic E-state index is 12.1. The van der Waals surface area contributed by atoms with Gasteiger partial charge in [0.25, 0.3) is 0 Å². The molecular formula is C14H16O4Se. The number of carbonyl (C=O) groups is 2. The van der Waals surface area contributed by atoms with Gasteiger partial charge in [0.05, 0.1) is 0 Å². The Labute approximate surface area is 118 Å². The van der Waals surface area contributed by atoms with Crippen LogP contribution < -0.4 is 4.46 Å². The van der Waals surface area contributed by atoms with Crippen LogP contribution in [-0.2, 0) is 19.1 Å². The van der Waals surface area contributed by atoms with E-state index in [1.165, 1.54) is 14.2 Å². The Kier molecular flexibility index (Phi) is 5.80. The number of allylic oxidation sites excluding steroid dienone is 1. The van der Waals surface area contributed by atoms with Crippen molar-refractivity contribution in [2.45, 2.75) is 10.7 Å². The zero-order chi connectivity index (χ0) is 14.3. The van der Waals surface area contributed by atoms with Gasteiger partial charge in [0.1, 0.15) is 0 Å². The minimum atomic E-state index is -1.31. The number of esters is 2. The fourth-order valence-electron chi connectivity index (χ4n) is 1.60. The summed E-state index contributed by atoms with van der Waals surface area (Å²) in [7, 11) is 2.54. The second-order valence-corrected chi connectivity index (χ2v) is 6.60. The van der Waals surface area contributed by atoms with Gasteiger partial charge in [-0.1, -0.05) is 0 Å². The zero-order valence-electron chi connectivity index (χ0n) is 10.9. The molecule has 0 unspecified atom stereocenters.